The van der Waals surface area contributed by atoms with Crippen LogP contribution in [0.4, 0.5) is 0 Å². The molecule has 0 N–H and O–H groups in total. The van der Waals surface area contributed by atoms with Crippen LogP contribution in [-0.2, 0) is 4.79 Å². The second-order valence-corrected chi connectivity index (χ2v) is 6.45. The molecule has 0 saturated carbocycles. The first-order chi connectivity index (χ1) is 9.70. The predicted octanol–water partition coefficient (Wildman–Crippen LogP) is 4.62. The van der Waals surface area contributed by atoms with Gasteiger partial charge in [-0.3, -0.25) is 4.79 Å². The highest BCUT2D eigenvalue weighted by Crippen LogP contribution is 2.50. The molecule has 102 valence electrons. The van der Waals surface area contributed by atoms with Crippen LogP contribution in [0.15, 0.2) is 59.0 Å². The molecule has 2 atom stereocenters. The molecular formula is C18H18OS. The summed E-state index contributed by atoms with van der Waals surface area (Å²) >= 11 is 1.74. The van der Waals surface area contributed by atoms with Gasteiger partial charge in [-0.15, -0.1) is 11.8 Å². The highest BCUT2D eigenvalue weighted by Gasteiger charge is 2.36. The number of carbonyl (C=O) groups is 1. The first-order valence-corrected chi connectivity index (χ1v) is 7.94. The number of benzene rings is 1. The normalized spacial score (nSPS) is 24.6. The molecule has 2 aliphatic rings. The number of thioether (sulfide) groups is 1. The third-order valence-corrected chi connectivity index (χ3v) is 5.22. The number of rotatable bonds is 3. The zero-order valence-corrected chi connectivity index (χ0v) is 12.6. The van der Waals surface area contributed by atoms with Crippen molar-refractivity contribution < 1.29 is 4.79 Å². The molecule has 3 rings (SSSR count). The van der Waals surface area contributed by atoms with Crippen LogP contribution < -0.4 is 0 Å². The van der Waals surface area contributed by atoms with Gasteiger partial charge in [0.2, 0.25) is 0 Å². The van der Waals surface area contributed by atoms with Crippen LogP contribution in [-0.4, -0.2) is 11.0 Å². The molecule has 1 nitrogen and oxygen atoms in total. The lowest BCUT2D eigenvalue weighted by atomic mass is 9.85. The molecule has 1 aliphatic heterocycles. The van der Waals surface area contributed by atoms with Gasteiger partial charge >= 0.3 is 0 Å². The van der Waals surface area contributed by atoms with Crippen molar-refractivity contribution in [1.29, 1.82) is 0 Å². The Kier molecular flexibility index (Phi) is 3.66. The van der Waals surface area contributed by atoms with Crippen LogP contribution >= 0.6 is 11.8 Å². The molecule has 20 heavy (non-hydrogen) atoms. The summed E-state index contributed by atoms with van der Waals surface area (Å²) in [5, 5.41) is 0.376. The smallest absolute Gasteiger partial charge is 0.169 e. The highest BCUT2D eigenvalue weighted by atomic mass is 32.2. The van der Waals surface area contributed by atoms with E-state index in [2.05, 4.69) is 37.3 Å². The van der Waals surface area contributed by atoms with Crippen molar-refractivity contribution in [2.45, 2.75) is 25.5 Å². The van der Waals surface area contributed by atoms with E-state index in [-0.39, 0.29) is 5.78 Å². The van der Waals surface area contributed by atoms with Crippen molar-refractivity contribution in [1.82, 2.24) is 0 Å². The first-order valence-electron chi connectivity index (χ1n) is 7.06. The van der Waals surface area contributed by atoms with E-state index < -0.39 is 0 Å². The monoisotopic (exact) mass is 282 g/mol. The van der Waals surface area contributed by atoms with Crippen molar-refractivity contribution in [3.8, 4) is 0 Å². The fraction of sp³-hybridized carbons (Fsp3) is 0.278. The van der Waals surface area contributed by atoms with Crippen molar-refractivity contribution >= 4 is 23.1 Å². The summed E-state index contributed by atoms with van der Waals surface area (Å²) in [4.78, 5) is 13.3. The van der Waals surface area contributed by atoms with E-state index in [1.165, 1.54) is 16.7 Å². The molecule has 1 aromatic rings. The molecule has 2 heteroatoms. The van der Waals surface area contributed by atoms with Crippen molar-refractivity contribution in [2.75, 3.05) is 0 Å². The minimum atomic E-state index is 0.266. The molecule has 0 bridgehead atoms. The van der Waals surface area contributed by atoms with E-state index in [9.17, 15) is 4.79 Å². The lowest BCUT2D eigenvalue weighted by Crippen LogP contribution is -2.12. The average Bonchev–Trinajstić information content (AvgIpc) is 2.85. The summed E-state index contributed by atoms with van der Waals surface area (Å²) in [6.45, 7) is 4.06. The van der Waals surface area contributed by atoms with Gasteiger partial charge in [0, 0.05) is 17.6 Å². The second kappa shape index (κ2) is 5.45. The lowest BCUT2D eigenvalue weighted by molar-refractivity contribution is -0.114. The van der Waals surface area contributed by atoms with Gasteiger partial charge in [-0.2, -0.15) is 0 Å². The highest BCUT2D eigenvalue weighted by molar-refractivity contribution is 8.05. The number of allylic oxidation sites excluding steroid dienone is 5. The molecule has 0 spiro atoms. The molecule has 1 aromatic carbocycles. The van der Waals surface area contributed by atoms with Crippen LogP contribution in [0.3, 0.4) is 0 Å². The fourth-order valence-corrected chi connectivity index (χ4v) is 4.40. The number of hydrogen-bond donors (Lipinski definition) is 0. The van der Waals surface area contributed by atoms with E-state index >= 15 is 0 Å². The minimum Gasteiger partial charge on any atom is -0.294 e. The van der Waals surface area contributed by atoms with Crippen molar-refractivity contribution in [2.24, 2.45) is 5.92 Å². The number of fused-ring (bicyclic) bond motifs is 1. The Morgan fingerprint density at radius 3 is 2.70 bits per heavy atom. The number of Topliss-reactive ketones (excluding diaryl/α,β-unsaturated/α-hetero) is 1. The fourth-order valence-electron chi connectivity index (χ4n) is 2.82. The average molecular weight is 282 g/mol. The van der Waals surface area contributed by atoms with Gasteiger partial charge in [0.1, 0.15) is 0 Å². The lowest BCUT2D eigenvalue weighted by Gasteiger charge is -2.20. The largest absolute Gasteiger partial charge is 0.294 e. The summed E-state index contributed by atoms with van der Waals surface area (Å²) in [7, 11) is 0. The van der Waals surface area contributed by atoms with Crippen LogP contribution in [0.2, 0.25) is 0 Å². The zero-order chi connectivity index (χ0) is 14.1. The van der Waals surface area contributed by atoms with E-state index in [4.69, 9.17) is 0 Å². The Balaban J connectivity index is 2.09. The van der Waals surface area contributed by atoms with Gasteiger partial charge in [0.15, 0.2) is 5.78 Å². The third kappa shape index (κ3) is 2.29. The molecule has 0 radical (unpaired) electrons. The molecule has 2 unspecified atom stereocenters. The van der Waals surface area contributed by atoms with Gasteiger partial charge in [0.25, 0.3) is 0 Å². The Labute approximate surface area is 124 Å². The molecule has 0 saturated heterocycles. The topological polar surface area (TPSA) is 17.1 Å². The number of carbonyl (C=O) groups excluding carboxylic acids is 1. The number of ketones is 1. The summed E-state index contributed by atoms with van der Waals surface area (Å²) in [5.74, 6) is 0.597. The summed E-state index contributed by atoms with van der Waals surface area (Å²) in [5.41, 5.74) is 3.69. The van der Waals surface area contributed by atoms with Crippen molar-refractivity contribution in [3.63, 3.8) is 0 Å². The van der Waals surface area contributed by atoms with E-state index in [1.54, 1.807) is 11.8 Å². The van der Waals surface area contributed by atoms with E-state index in [0.717, 1.165) is 4.91 Å². The Morgan fingerprint density at radius 1 is 1.25 bits per heavy atom. The molecular weight excluding hydrogens is 264 g/mol. The maximum absolute atomic E-state index is 12.3. The maximum atomic E-state index is 12.3. The number of hydrogen-bond acceptors (Lipinski definition) is 2. The summed E-state index contributed by atoms with van der Waals surface area (Å²) in [6.07, 6.45) is 7.29. The molecule has 0 fully saturated rings. The Hall–Kier alpha value is -1.54. The van der Waals surface area contributed by atoms with Crippen molar-refractivity contribution in [3.05, 3.63) is 64.6 Å². The van der Waals surface area contributed by atoms with E-state index in [0.29, 0.717) is 17.6 Å². The quantitative estimate of drug-likeness (QED) is 0.804. The Morgan fingerprint density at radius 2 is 2.00 bits per heavy atom. The van der Waals surface area contributed by atoms with Crippen LogP contribution in [0, 0.1) is 5.92 Å². The third-order valence-electron chi connectivity index (χ3n) is 3.84. The molecule has 1 heterocycles. The van der Waals surface area contributed by atoms with Crippen LogP contribution in [0.5, 0.6) is 0 Å². The first kappa shape index (κ1) is 13.4. The molecule has 0 aromatic heterocycles. The van der Waals surface area contributed by atoms with Gasteiger partial charge in [0.05, 0.1) is 4.91 Å². The second-order valence-electron chi connectivity index (χ2n) is 5.26. The zero-order valence-electron chi connectivity index (χ0n) is 11.8. The SMILES string of the molecule is CCC(=O)C1=C(c2ccccc2)C2C=CC(C)=CC2S1. The summed E-state index contributed by atoms with van der Waals surface area (Å²) in [6, 6.07) is 10.3. The maximum Gasteiger partial charge on any atom is 0.169 e. The van der Waals surface area contributed by atoms with E-state index in [1.807, 2.05) is 25.1 Å². The predicted molar refractivity (Wildman–Crippen MR) is 86.4 cm³/mol. The van der Waals surface area contributed by atoms with Gasteiger partial charge in [-0.1, -0.05) is 61.1 Å². The van der Waals surface area contributed by atoms with Crippen LogP contribution in [0.25, 0.3) is 5.57 Å². The minimum absolute atomic E-state index is 0.266. The molecule has 1 aliphatic carbocycles. The van der Waals surface area contributed by atoms with Gasteiger partial charge in [-0.25, -0.2) is 0 Å². The van der Waals surface area contributed by atoms with Gasteiger partial charge in [-0.05, 0) is 18.1 Å². The summed E-state index contributed by atoms with van der Waals surface area (Å²) < 4.78 is 0. The van der Waals surface area contributed by atoms with Crippen LogP contribution in [0.1, 0.15) is 25.8 Å². The Bertz CT molecular complexity index is 622. The van der Waals surface area contributed by atoms with Gasteiger partial charge < -0.3 is 0 Å². The molecule has 0 amide bonds. The standard InChI is InChI=1S/C18H18OS/c1-3-15(19)18-17(13-7-5-4-6-8-13)14-10-9-12(2)11-16(14)20-18/h4-11,14,16H,3H2,1-2H3.